The molecule has 0 fully saturated rings. The molecule has 2 heterocycles. The van der Waals surface area contributed by atoms with Gasteiger partial charge < -0.3 is 0 Å². The van der Waals surface area contributed by atoms with Gasteiger partial charge in [0.2, 0.25) is 0 Å². The highest BCUT2D eigenvalue weighted by atomic mass is 16.6. The summed E-state index contributed by atoms with van der Waals surface area (Å²) in [5, 5.41) is 15.2. The minimum atomic E-state index is 0.730. The Labute approximate surface area is 78.7 Å². The largest absolute Gasteiger partial charge is 0.278 e. The maximum absolute atomic E-state index is 4.54. The maximum atomic E-state index is 4.54. The van der Waals surface area contributed by atoms with E-state index in [0.29, 0.717) is 0 Å². The number of rotatable bonds is 1. The van der Waals surface area contributed by atoms with E-state index in [0.717, 1.165) is 22.2 Å². The Morgan fingerprint density at radius 2 is 2.21 bits per heavy atom. The summed E-state index contributed by atoms with van der Waals surface area (Å²) in [5.41, 5.74) is 2.71. The third-order valence-electron chi connectivity index (χ3n) is 2.10. The summed E-state index contributed by atoms with van der Waals surface area (Å²) in [6.45, 7) is 0. The van der Waals surface area contributed by atoms with Crippen LogP contribution in [0.15, 0.2) is 35.2 Å². The van der Waals surface area contributed by atoms with Crippen LogP contribution in [-0.2, 0) is 0 Å². The fraction of sp³-hybridized carbons (Fsp3) is 0. The van der Waals surface area contributed by atoms with Crippen molar-refractivity contribution in [2.75, 3.05) is 0 Å². The molecule has 0 aliphatic carbocycles. The van der Waals surface area contributed by atoms with E-state index in [1.807, 2.05) is 18.2 Å². The average Bonchev–Trinajstić information content (AvgIpc) is 2.88. The van der Waals surface area contributed by atoms with E-state index in [1.165, 1.54) is 0 Å². The van der Waals surface area contributed by atoms with Gasteiger partial charge in [0.1, 0.15) is 5.69 Å². The zero-order valence-electron chi connectivity index (χ0n) is 7.14. The second-order valence-corrected chi connectivity index (χ2v) is 2.96. The van der Waals surface area contributed by atoms with Gasteiger partial charge in [0.15, 0.2) is 0 Å². The molecule has 0 bridgehead atoms. The van der Waals surface area contributed by atoms with Gasteiger partial charge in [-0.2, -0.15) is 5.10 Å². The summed E-state index contributed by atoms with van der Waals surface area (Å²) in [7, 11) is 0. The van der Waals surface area contributed by atoms with Crippen LogP contribution >= 0.6 is 0 Å². The molecule has 5 heteroatoms. The standard InChI is InChI=1S/C9H6N4O/c1-2-8-7(4-10-12-8)3-6(1)9-5-11-14-13-9/h1-5H,(H,10,12). The number of nitrogens with one attached hydrogen (secondary N) is 1. The molecule has 0 atom stereocenters. The smallest absolute Gasteiger partial charge is 0.135 e. The minimum absolute atomic E-state index is 0.730. The van der Waals surface area contributed by atoms with Gasteiger partial charge >= 0.3 is 0 Å². The lowest BCUT2D eigenvalue weighted by atomic mass is 10.1. The Morgan fingerprint density at radius 3 is 3.07 bits per heavy atom. The van der Waals surface area contributed by atoms with Crippen LogP contribution in [0.4, 0.5) is 0 Å². The molecule has 0 saturated heterocycles. The third kappa shape index (κ3) is 0.990. The fourth-order valence-electron chi connectivity index (χ4n) is 1.39. The number of hydrogen-bond donors (Lipinski definition) is 1. The number of fused-ring (bicyclic) bond motifs is 1. The topological polar surface area (TPSA) is 67.6 Å². The molecule has 0 aliphatic rings. The molecule has 5 nitrogen and oxygen atoms in total. The van der Waals surface area contributed by atoms with Crippen molar-refractivity contribution in [2.45, 2.75) is 0 Å². The van der Waals surface area contributed by atoms with Crippen LogP contribution in [0.2, 0.25) is 0 Å². The molecule has 3 aromatic rings. The number of aromatic amines is 1. The van der Waals surface area contributed by atoms with Crippen molar-refractivity contribution in [1.82, 2.24) is 20.5 Å². The van der Waals surface area contributed by atoms with Crippen molar-refractivity contribution >= 4 is 10.9 Å². The highest BCUT2D eigenvalue weighted by Crippen LogP contribution is 2.20. The second kappa shape index (κ2) is 2.66. The summed E-state index contributed by atoms with van der Waals surface area (Å²) < 4.78 is 4.54. The molecule has 0 aliphatic heterocycles. The van der Waals surface area contributed by atoms with Crippen molar-refractivity contribution in [3.8, 4) is 11.3 Å². The van der Waals surface area contributed by atoms with E-state index < -0.39 is 0 Å². The van der Waals surface area contributed by atoms with Crippen molar-refractivity contribution in [3.63, 3.8) is 0 Å². The Hall–Kier alpha value is -2.17. The quantitative estimate of drug-likeness (QED) is 0.626. The van der Waals surface area contributed by atoms with Crippen molar-refractivity contribution in [2.24, 2.45) is 0 Å². The highest BCUT2D eigenvalue weighted by Gasteiger charge is 2.03. The van der Waals surface area contributed by atoms with Crippen LogP contribution in [-0.4, -0.2) is 20.5 Å². The van der Waals surface area contributed by atoms with Gasteiger partial charge in [-0.1, -0.05) is 11.2 Å². The van der Waals surface area contributed by atoms with E-state index in [-0.39, 0.29) is 0 Å². The molecule has 0 saturated carbocycles. The van der Waals surface area contributed by atoms with E-state index in [2.05, 4.69) is 25.1 Å². The first kappa shape index (κ1) is 7.25. The van der Waals surface area contributed by atoms with Crippen LogP contribution < -0.4 is 0 Å². The molecule has 0 spiro atoms. The van der Waals surface area contributed by atoms with Gasteiger partial charge in [0.05, 0.1) is 17.9 Å². The SMILES string of the molecule is c1cc2[nH]ncc2cc1-c1cnon1. The first-order valence-corrected chi connectivity index (χ1v) is 4.14. The van der Waals surface area contributed by atoms with Crippen molar-refractivity contribution in [1.29, 1.82) is 0 Å². The molecule has 2 aromatic heterocycles. The molecule has 1 N–H and O–H groups in total. The summed E-state index contributed by atoms with van der Waals surface area (Å²) >= 11 is 0. The summed E-state index contributed by atoms with van der Waals surface area (Å²) in [6.07, 6.45) is 3.35. The molecule has 1 aromatic carbocycles. The predicted octanol–water partition coefficient (Wildman–Crippen LogP) is 1.61. The average molecular weight is 186 g/mol. The number of nitrogens with zero attached hydrogens (tertiary/aromatic N) is 3. The van der Waals surface area contributed by atoms with Crippen LogP contribution in [0.3, 0.4) is 0 Å². The molecule has 0 radical (unpaired) electrons. The Bertz CT molecular complexity index is 555. The summed E-state index contributed by atoms with van der Waals surface area (Å²) in [5.74, 6) is 0. The van der Waals surface area contributed by atoms with Crippen molar-refractivity contribution in [3.05, 3.63) is 30.6 Å². The van der Waals surface area contributed by atoms with E-state index >= 15 is 0 Å². The van der Waals surface area contributed by atoms with Crippen LogP contribution in [0.1, 0.15) is 0 Å². The zero-order chi connectivity index (χ0) is 9.38. The number of aromatic nitrogens is 4. The Morgan fingerprint density at radius 1 is 1.21 bits per heavy atom. The van der Waals surface area contributed by atoms with Crippen LogP contribution in [0.5, 0.6) is 0 Å². The van der Waals surface area contributed by atoms with Gasteiger partial charge in [-0.3, -0.25) is 5.10 Å². The molecule has 14 heavy (non-hydrogen) atoms. The molecule has 3 rings (SSSR count). The molecule has 0 unspecified atom stereocenters. The third-order valence-corrected chi connectivity index (χ3v) is 2.10. The fourth-order valence-corrected chi connectivity index (χ4v) is 1.39. The Kier molecular flexibility index (Phi) is 1.38. The van der Waals surface area contributed by atoms with Gasteiger partial charge in [0.25, 0.3) is 0 Å². The highest BCUT2D eigenvalue weighted by molar-refractivity contribution is 5.82. The van der Waals surface area contributed by atoms with Gasteiger partial charge in [-0.25, -0.2) is 4.63 Å². The lowest BCUT2D eigenvalue weighted by Crippen LogP contribution is -1.76. The first-order valence-electron chi connectivity index (χ1n) is 4.14. The summed E-state index contributed by atoms with van der Waals surface area (Å²) in [4.78, 5) is 0. The number of hydrogen-bond acceptors (Lipinski definition) is 4. The summed E-state index contributed by atoms with van der Waals surface area (Å²) in [6, 6.07) is 5.88. The van der Waals surface area contributed by atoms with Crippen molar-refractivity contribution < 1.29 is 4.63 Å². The normalized spacial score (nSPS) is 10.9. The van der Waals surface area contributed by atoms with Gasteiger partial charge in [-0.05, 0) is 17.3 Å². The zero-order valence-corrected chi connectivity index (χ0v) is 7.14. The molecule has 68 valence electrons. The van der Waals surface area contributed by atoms with E-state index in [1.54, 1.807) is 12.4 Å². The first-order chi connectivity index (χ1) is 6.93. The van der Waals surface area contributed by atoms with Gasteiger partial charge in [-0.15, -0.1) is 0 Å². The number of benzene rings is 1. The lowest BCUT2D eigenvalue weighted by Gasteiger charge is -1.93. The molecular formula is C9H6N4O. The predicted molar refractivity (Wildman–Crippen MR) is 49.4 cm³/mol. The lowest BCUT2D eigenvalue weighted by molar-refractivity contribution is 0.308. The molecule has 0 amide bonds. The molecular weight excluding hydrogens is 180 g/mol. The van der Waals surface area contributed by atoms with E-state index in [4.69, 9.17) is 0 Å². The van der Waals surface area contributed by atoms with Gasteiger partial charge in [0, 0.05) is 10.9 Å². The number of H-pyrrole nitrogens is 1. The monoisotopic (exact) mass is 186 g/mol. The second-order valence-electron chi connectivity index (χ2n) is 2.96. The van der Waals surface area contributed by atoms with Crippen LogP contribution in [0, 0.1) is 0 Å². The van der Waals surface area contributed by atoms with E-state index in [9.17, 15) is 0 Å². The minimum Gasteiger partial charge on any atom is -0.278 e. The Balaban J connectivity index is 2.23. The maximum Gasteiger partial charge on any atom is 0.135 e. The van der Waals surface area contributed by atoms with Crippen LogP contribution in [0.25, 0.3) is 22.2 Å².